The van der Waals surface area contributed by atoms with Gasteiger partial charge in [0, 0.05) is 32.4 Å². The van der Waals surface area contributed by atoms with Crippen LogP contribution in [-0.4, -0.2) is 39.9 Å². The maximum absolute atomic E-state index is 13.9. The molecule has 2 aliphatic heterocycles. The molecule has 2 aliphatic rings. The zero-order chi connectivity index (χ0) is 16.1. The molecule has 1 amide bonds. The van der Waals surface area contributed by atoms with E-state index < -0.39 is 17.2 Å². The zero-order valence-corrected chi connectivity index (χ0v) is 12.4. The number of rotatable bonds is 2. The normalized spacial score (nSPS) is 28.8. The number of halogens is 2. The van der Waals surface area contributed by atoms with Gasteiger partial charge in [-0.1, -0.05) is 0 Å². The molecule has 0 spiro atoms. The number of pyridine rings is 1. The monoisotopic (exact) mass is 306 g/mol. The van der Waals surface area contributed by atoms with E-state index in [4.69, 9.17) is 5.26 Å². The molecule has 0 unspecified atom stereocenters. The molecule has 3 heterocycles. The minimum Gasteiger partial charge on any atom is -0.272 e. The summed E-state index contributed by atoms with van der Waals surface area (Å²) in [7, 11) is 0. The van der Waals surface area contributed by atoms with Crippen LogP contribution in [-0.2, 0) is 4.79 Å². The van der Waals surface area contributed by atoms with Crippen LogP contribution in [0.5, 0.6) is 0 Å². The van der Waals surface area contributed by atoms with Crippen molar-refractivity contribution in [2.24, 2.45) is 5.41 Å². The van der Waals surface area contributed by atoms with Crippen LogP contribution in [0.25, 0.3) is 0 Å². The molecule has 1 aromatic rings. The molecule has 0 N–H and O–H groups in total. The number of fused-ring (bicyclic) bond motifs is 1. The van der Waals surface area contributed by atoms with Gasteiger partial charge in [-0.15, -0.1) is 0 Å². The molecule has 1 aromatic heterocycles. The number of carbonyl (C=O) groups is 1. The van der Waals surface area contributed by atoms with Gasteiger partial charge in [0.15, 0.2) is 0 Å². The zero-order valence-electron chi connectivity index (χ0n) is 12.4. The molecule has 0 aromatic carbocycles. The molecule has 5 nitrogen and oxygen atoms in total. The minimum absolute atomic E-state index is 0.0111. The fraction of sp³-hybridized carbons (Fsp3) is 0.533. The van der Waals surface area contributed by atoms with Gasteiger partial charge < -0.3 is 0 Å². The van der Waals surface area contributed by atoms with E-state index in [1.54, 1.807) is 17.3 Å². The van der Waals surface area contributed by atoms with Crippen LogP contribution in [0.3, 0.4) is 0 Å². The Balaban J connectivity index is 1.95. The topological polar surface area (TPSA) is 60.2 Å². The van der Waals surface area contributed by atoms with E-state index in [0.29, 0.717) is 24.1 Å². The smallest absolute Gasteiger partial charge is 0.260 e. The Kier molecular flexibility index (Phi) is 3.18. The van der Waals surface area contributed by atoms with E-state index >= 15 is 0 Å². The van der Waals surface area contributed by atoms with Crippen molar-refractivity contribution in [1.29, 1.82) is 5.26 Å². The maximum atomic E-state index is 13.9. The van der Waals surface area contributed by atoms with Gasteiger partial charge in [-0.05, 0) is 25.0 Å². The Hall–Kier alpha value is -2.07. The van der Waals surface area contributed by atoms with Gasteiger partial charge in [0.2, 0.25) is 0 Å². The predicted molar refractivity (Wildman–Crippen MR) is 73.5 cm³/mol. The van der Waals surface area contributed by atoms with Crippen LogP contribution in [0.4, 0.5) is 8.78 Å². The van der Waals surface area contributed by atoms with Crippen molar-refractivity contribution in [3.8, 4) is 6.07 Å². The molecule has 2 atom stereocenters. The van der Waals surface area contributed by atoms with E-state index in [0.717, 1.165) is 6.92 Å². The van der Waals surface area contributed by atoms with Gasteiger partial charge in [0.05, 0.1) is 11.6 Å². The van der Waals surface area contributed by atoms with Crippen molar-refractivity contribution < 1.29 is 13.6 Å². The summed E-state index contributed by atoms with van der Waals surface area (Å²) in [5, 5.41) is 12.1. The van der Waals surface area contributed by atoms with E-state index in [2.05, 4.69) is 4.98 Å². The number of aromatic nitrogens is 1. The average molecular weight is 306 g/mol. The number of amides is 1. The minimum atomic E-state index is -3.09. The summed E-state index contributed by atoms with van der Waals surface area (Å²) in [6, 6.07) is 3.33. The highest BCUT2D eigenvalue weighted by atomic mass is 19.3. The molecule has 0 radical (unpaired) electrons. The van der Waals surface area contributed by atoms with Gasteiger partial charge in [-0.3, -0.25) is 14.8 Å². The molecular weight excluding hydrogens is 290 g/mol. The van der Waals surface area contributed by atoms with Gasteiger partial charge in [0.1, 0.15) is 11.5 Å². The largest absolute Gasteiger partial charge is 0.272 e. The second-order valence-corrected chi connectivity index (χ2v) is 6.18. The van der Waals surface area contributed by atoms with Crippen molar-refractivity contribution >= 4 is 5.91 Å². The molecule has 2 saturated heterocycles. The summed E-state index contributed by atoms with van der Waals surface area (Å²) in [5.41, 5.74) is -0.615. The van der Waals surface area contributed by atoms with Crippen LogP contribution in [0.2, 0.25) is 0 Å². The van der Waals surface area contributed by atoms with Crippen molar-refractivity contribution in [1.82, 2.24) is 15.0 Å². The van der Waals surface area contributed by atoms with Crippen molar-refractivity contribution in [3.05, 3.63) is 29.6 Å². The molecule has 0 bridgehead atoms. The summed E-state index contributed by atoms with van der Waals surface area (Å²) >= 11 is 0. The number of carbonyl (C=O) groups excluding carboxylic acids is 1. The SMILES string of the molecule is CC(F)(F)[C@@]1(C)CN2CC[C@@H](c3cncc(C#N)c3)N2C1=O. The Labute approximate surface area is 127 Å². The first-order valence-electron chi connectivity index (χ1n) is 7.09. The molecular formula is C15H16F2N4O. The Morgan fingerprint density at radius 2 is 2.23 bits per heavy atom. The number of nitriles is 1. The standard InChI is InChI=1S/C15H16F2N4O/c1-14(15(2,16)17)9-20-4-3-12(21(20)13(14)22)11-5-10(6-18)7-19-8-11/h5,7-8,12H,3-4,9H2,1-2H3/t12-,14-/m0/s1. The van der Waals surface area contributed by atoms with Gasteiger partial charge in [-0.25, -0.2) is 13.8 Å². The first-order valence-corrected chi connectivity index (χ1v) is 7.09. The summed E-state index contributed by atoms with van der Waals surface area (Å²) in [6.07, 6.45) is 3.67. The van der Waals surface area contributed by atoms with Gasteiger partial charge in [-0.2, -0.15) is 5.26 Å². The maximum Gasteiger partial charge on any atom is 0.260 e. The molecule has 3 rings (SSSR count). The summed E-state index contributed by atoms with van der Waals surface area (Å²) in [5.74, 6) is -3.66. The van der Waals surface area contributed by atoms with Crippen molar-refractivity contribution in [2.45, 2.75) is 32.2 Å². The Morgan fingerprint density at radius 3 is 2.86 bits per heavy atom. The highest BCUT2D eigenvalue weighted by Gasteiger charge is 2.62. The van der Waals surface area contributed by atoms with Crippen LogP contribution < -0.4 is 0 Å². The molecule has 22 heavy (non-hydrogen) atoms. The van der Waals surface area contributed by atoms with E-state index in [1.165, 1.54) is 18.1 Å². The molecule has 116 valence electrons. The number of nitrogens with zero attached hydrogens (tertiary/aromatic N) is 4. The second kappa shape index (κ2) is 4.71. The lowest BCUT2D eigenvalue weighted by atomic mass is 9.83. The molecule has 0 aliphatic carbocycles. The highest BCUT2D eigenvalue weighted by molar-refractivity contribution is 5.86. The summed E-state index contributed by atoms with van der Waals surface area (Å²) < 4.78 is 27.8. The molecule has 2 fully saturated rings. The quantitative estimate of drug-likeness (QED) is 0.839. The third-order valence-electron chi connectivity index (χ3n) is 4.68. The number of hydrogen-bond acceptors (Lipinski definition) is 4. The summed E-state index contributed by atoms with van der Waals surface area (Å²) in [4.78, 5) is 16.6. The van der Waals surface area contributed by atoms with Crippen molar-refractivity contribution in [3.63, 3.8) is 0 Å². The number of hydrogen-bond donors (Lipinski definition) is 0. The lowest BCUT2D eigenvalue weighted by Gasteiger charge is -2.29. The van der Waals surface area contributed by atoms with Crippen LogP contribution >= 0.6 is 0 Å². The second-order valence-electron chi connectivity index (χ2n) is 6.18. The molecule has 0 saturated carbocycles. The fourth-order valence-electron chi connectivity index (χ4n) is 3.14. The lowest BCUT2D eigenvalue weighted by Crippen LogP contribution is -2.45. The predicted octanol–water partition coefficient (Wildman–Crippen LogP) is 2.12. The lowest BCUT2D eigenvalue weighted by molar-refractivity contribution is -0.156. The molecule has 7 heteroatoms. The Bertz CT molecular complexity index is 666. The summed E-state index contributed by atoms with van der Waals surface area (Å²) in [6.45, 7) is 2.66. The number of hydrazine groups is 1. The third kappa shape index (κ3) is 1.98. The van der Waals surface area contributed by atoms with E-state index in [-0.39, 0.29) is 12.6 Å². The van der Waals surface area contributed by atoms with Gasteiger partial charge >= 0.3 is 0 Å². The van der Waals surface area contributed by atoms with E-state index in [9.17, 15) is 13.6 Å². The first kappa shape index (κ1) is 14.9. The third-order valence-corrected chi connectivity index (χ3v) is 4.68. The van der Waals surface area contributed by atoms with Crippen LogP contribution in [0.1, 0.15) is 37.4 Å². The fourth-order valence-corrected chi connectivity index (χ4v) is 3.14. The van der Waals surface area contributed by atoms with Gasteiger partial charge in [0.25, 0.3) is 11.8 Å². The Morgan fingerprint density at radius 1 is 1.50 bits per heavy atom. The average Bonchev–Trinajstić information content (AvgIpc) is 2.98. The van der Waals surface area contributed by atoms with Crippen LogP contribution in [0.15, 0.2) is 18.5 Å². The number of alkyl halides is 2. The first-order chi connectivity index (χ1) is 10.3. The van der Waals surface area contributed by atoms with Crippen LogP contribution in [0, 0.1) is 16.7 Å². The van der Waals surface area contributed by atoms with E-state index in [1.807, 2.05) is 6.07 Å². The van der Waals surface area contributed by atoms with Crippen molar-refractivity contribution in [2.75, 3.05) is 13.1 Å². The highest BCUT2D eigenvalue weighted by Crippen LogP contribution is 2.48.